The van der Waals surface area contributed by atoms with Crippen LogP contribution in [0.1, 0.15) is 27.2 Å². The fourth-order valence-corrected chi connectivity index (χ4v) is 2.16. The van der Waals surface area contributed by atoms with Gasteiger partial charge in [0.25, 0.3) is 0 Å². The van der Waals surface area contributed by atoms with Crippen LogP contribution in [0.25, 0.3) is 11.0 Å². The first-order chi connectivity index (χ1) is 10.8. The molecule has 1 heterocycles. The van der Waals surface area contributed by atoms with Crippen molar-refractivity contribution in [3.05, 3.63) is 30.6 Å². The van der Waals surface area contributed by atoms with Gasteiger partial charge < -0.3 is 19.7 Å². The number of carbonyl (C=O) groups is 2. The Balaban J connectivity index is 2.00. The van der Waals surface area contributed by atoms with Gasteiger partial charge in [0.15, 0.2) is 0 Å². The average molecular weight is 319 g/mol. The van der Waals surface area contributed by atoms with Crippen LogP contribution in [0.3, 0.4) is 0 Å². The van der Waals surface area contributed by atoms with E-state index in [0.29, 0.717) is 6.54 Å². The smallest absolute Gasteiger partial charge is 0.408 e. The highest BCUT2D eigenvalue weighted by Gasteiger charge is 2.23. The Hall–Kier alpha value is -2.57. The number of hydrogen-bond donors (Lipinski definition) is 2. The summed E-state index contributed by atoms with van der Waals surface area (Å²) >= 11 is 0. The average Bonchev–Trinajstić information content (AvgIpc) is 2.84. The van der Waals surface area contributed by atoms with E-state index >= 15 is 0 Å². The van der Waals surface area contributed by atoms with Gasteiger partial charge in [-0.2, -0.15) is 0 Å². The molecule has 0 aliphatic carbocycles. The summed E-state index contributed by atoms with van der Waals surface area (Å²) in [5, 5.41) is 11.7. The second kappa shape index (κ2) is 6.68. The third-order valence-corrected chi connectivity index (χ3v) is 3.18. The molecule has 0 saturated heterocycles. The molecule has 1 aromatic carbocycles. The molecule has 1 amide bonds. The number of amides is 1. The predicted octanol–water partition coefficient (Wildman–Crippen LogP) is 2.40. The summed E-state index contributed by atoms with van der Waals surface area (Å²) in [6.07, 6.45) is 1.16. The third kappa shape index (κ3) is 4.70. The van der Waals surface area contributed by atoms with Gasteiger partial charge in [-0.1, -0.05) is 12.1 Å². The second-order valence-electron chi connectivity index (χ2n) is 6.25. The molecular formula is C16H21N3O4. The lowest BCUT2D eigenvalue weighted by molar-refractivity contribution is -0.139. The fraction of sp³-hybridized carbons (Fsp3) is 0.438. The summed E-state index contributed by atoms with van der Waals surface area (Å²) in [5.41, 5.74) is 1.10. The number of alkyl carbamates (subject to hydrolysis) is 1. The van der Waals surface area contributed by atoms with E-state index in [4.69, 9.17) is 4.74 Å². The number of imidazole rings is 1. The molecule has 0 aliphatic rings. The molecule has 0 saturated carbocycles. The summed E-state index contributed by atoms with van der Waals surface area (Å²) < 4.78 is 6.96. The Morgan fingerprint density at radius 3 is 2.70 bits per heavy atom. The van der Waals surface area contributed by atoms with E-state index in [9.17, 15) is 14.7 Å². The molecule has 0 radical (unpaired) electrons. The highest BCUT2D eigenvalue weighted by atomic mass is 16.6. The molecule has 7 nitrogen and oxygen atoms in total. The van der Waals surface area contributed by atoms with Crippen molar-refractivity contribution in [2.75, 3.05) is 0 Å². The maximum absolute atomic E-state index is 11.7. The van der Waals surface area contributed by atoms with Crippen molar-refractivity contribution >= 4 is 23.1 Å². The summed E-state index contributed by atoms with van der Waals surface area (Å²) in [4.78, 5) is 27.3. The molecule has 23 heavy (non-hydrogen) atoms. The summed E-state index contributed by atoms with van der Waals surface area (Å²) in [6.45, 7) is 5.59. The molecule has 0 fully saturated rings. The van der Waals surface area contributed by atoms with Crippen molar-refractivity contribution < 1.29 is 19.4 Å². The lowest BCUT2D eigenvalue weighted by Gasteiger charge is -2.22. The minimum atomic E-state index is -1.10. The number of aliphatic carboxylic acids is 1. The van der Waals surface area contributed by atoms with Gasteiger partial charge >= 0.3 is 12.1 Å². The molecular weight excluding hydrogens is 298 g/mol. The van der Waals surface area contributed by atoms with E-state index in [1.54, 1.807) is 27.1 Å². The fourth-order valence-electron chi connectivity index (χ4n) is 2.16. The van der Waals surface area contributed by atoms with Crippen LogP contribution in [0, 0.1) is 0 Å². The Labute approximate surface area is 134 Å². The van der Waals surface area contributed by atoms with Crippen molar-refractivity contribution in [2.24, 2.45) is 0 Å². The minimum Gasteiger partial charge on any atom is -0.480 e. The molecule has 124 valence electrons. The predicted molar refractivity (Wildman–Crippen MR) is 85.1 cm³/mol. The number of benzene rings is 1. The number of rotatable bonds is 5. The maximum atomic E-state index is 11.7. The molecule has 1 unspecified atom stereocenters. The quantitative estimate of drug-likeness (QED) is 0.882. The van der Waals surface area contributed by atoms with Crippen molar-refractivity contribution in [2.45, 2.75) is 45.4 Å². The Kier molecular flexibility index (Phi) is 4.88. The SMILES string of the molecule is CC(C)(C)OC(=O)NC(CCn1cnc2ccccc21)C(=O)O. The van der Waals surface area contributed by atoms with Crippen LogP contribution in [-0.4, -0.2) is 38.4 Å². The zero-order valence-electron chi connectivity index (χ0n) is 13.4. The first-order valence-electron chi connectivity index (χ1n) is 7.38. The van der Waals surface area contributed by atoms with Crippen LogP contribution in [0.5, 0.6) is 0 Å². The number of carboxylic acids is 1. The Bertz CT molecular complexity index is 703. The number of ether oxygens (including phenoxy) is 1. The molecule has 7 heteroatoms. The molecule has 1 aromatic heterocycles. The normalized spacial score (nSPS) is 12.8. The number of nitrogens with zero attached hydrogens (tertiary/aromatic N) is 2. The number of para-hydroxylation sites is 2. The number of carbonyl (C=O) groups excluding carboxylic acids is 1. The van der Waals surface area contributed by atoms with Gasteiger partial charge in [0.1, 0.15) is 11.6 Å². The van der Waals surface area contributed by atoms with Gasteiger partial charge in [-0.3, -0.25) is 0 Å². The molecule has 0 spiro atoms. The summed E-state index contributed by atoms with van der Waals surface area (Å²) in [5.74, 6) is -1.10. The van der Waals surface area contributed by atoms with Crippen LogP contribution in [0.15, 0.2) is 30.6 Å². The van der Waals surface area contributed by atoms with Gasteiger partial charge in [-0.15, -0.1) is 0 Å². The standard InChI is InChI=1S/C16H21N3O4/c1-16(2,3)23-15(22)18-12(14(20)21)8-9-19-10-17-11-6-4-5-7-13(11)19/h4-7,10,12H,8-9H2,1-3H3,(H,18,22)(H,20,21). The molecule has 1 atom stereocenters. The van der Waals surface area contributed by atoms with Crippen LogP contribution in [0.4, 0.5) is 4.79 Å². The van der Waals surface area contributed by atoms with E-state index in [-0.39, 0.29) is 6.42 Å². The van der Waals surface area contributed by atoms with Crippen LogP contribution >= 0.6 is 0 Å². The Morgan fingerprint density at radius 2 is 2.04 bits per heavy atom. The lowest BCUT2D eigenvalue weighted by atomic mass is 10.2. The first kappa shape index (κ1) is 16.8. The number of aromatic nitrogens is 2. The summed E-state index contributed by atoms with van der Waals surface area (Å²) in [6, 6.07) is 6.57. The van der Waals surface area contributed by atoms with Gasteiger partial charge in [0.2, 0.25) is 0 Å². The first-order valence-corrected chi connectivity index (χ1v) is 7.38. The number of nitrogens with one attached hydrogen (secondary N) is 1. The van der Waals surface area contributed by atoms with Crippen LogP contribution < -0.4 is 5.32 Å². The third-order valence-electron chi connectivity index (χ3n) is 3.18. The molecule has 0 aliphatic heterocycles. The number of fused-ring (bicyclic) bond motifs is 1. The zero-order valence-corrected chi connectivity index (χ0v) is 13.4. The summed E-state index contributed by atoms with van der Waals surface area (Å²) in [7, 11) is 0. The largest absolute Gasteiger partial charge is 0.480 e. The molecule has 2 N–H and O–H groups in total. The van der Waals surface area contributed by atoms with E-state index in [0.717, 1.165) is 11.0 Å². The Morgan fingerprint density at radius 1 is 1.35 bits per heavy atom. The second-order valence-corrected chi connectivity index (χ2v) is 6.25. The van der Waals surface area contributed by atoms with Crippen LogP contribution in [0.2, 0.25) is 0 Å². The number of hydrogen-bond acceptors (Lipinski definition) is 4. The monoisotopic (exact) mass is 319 g/mol. The van der Waals surface area contributed by atoms with E-state index in [2.05, 4.69) is 10.3 Å². The zero-order chi connectivity index (χ0) is 17.0. The van der Waals surface area contributed by atoms with Crippen LogP contribution in [-0.2, 0) is 16.1 Å². The lowest BCUT2D eigenvalue weighted by Crippen LogP contribution is -2.43. The van der Waals surface area contributed by atoms with Crippen molar-refractivity contribution in [1.29, 1.82) is 0 Å². The number of aryl methyl sites for hydroxylation is 1. The van der Waals surface area contributed by atoms with E-state index in [1.165, 1.54) is 0 Å². The van der Waals surface area contributed by atoms with Gasteiger partial charge in [0.05, 0.1) is 17.4 Å². The van der Waals surface area contributed by atoms with Gasteiger partial charge in [0, 0.05) is 6.54 Å². The van der Waals surface area contributed by atoms with Crippen molar-refractivity contribution in [3.63, 3.8) is 0 Å². The minimum absolute atomic E-state index is 0.231. The molecule has 2 rings (SSSR count). The highest BCUT2D eigenvalue weighted by Crippen LogP contribution is 2.13. The topological polar surface area (TPSA) is 93.5 Å². The maximum Gasteiger partial charge on any atom is 0.408 e. The number of carboxylic acid groups (broad SMARTS) is 1. The van der Waals surface area contributed by atoms with E-state index in [1.807, 2.05) is 28.8 Å². The highest BCUT2D eigenvalue weighted by molar-refractivity contribution is 5.80. The van der Waals surface area contributed by atoms with Crippen molar-refractivity contribution in [3.8, 4) is 0 Å². The van der Waals surface area contributed by atoms with E-state index < -0.39 is 23.7 Å². The van der Waals surface area contributed by atoms with Gasteiger partial charge in [-0.05, 0) is 39.3 Å². The molecule has 0 bridgehead atoms. The van der Waals surface area contributed by atoms with Crippen molar-refractivity contribution in [1.82, 2.24) is 14.9 Å². The molecule has 2 aromatic rings. The van der Waals surface area contributed by atoms with Gasteiger partial charge in [-0.25, -0.2) is 14.6 Å².